The molecule has 0 spiro atoms. The molecule has 64 heavy (non-hydrogen) atoms. The lowest BCUT2D eigenvalue weighted by atomic mass is 9.45. The van der Waals surface area contributed by atoms with Crippen LogP contribution < -0.4 is 20.8 Å². The summed E-state index contributed by atoms with van der Waals surface area (Å²) in [5.41, 5.74) is 22.9. The Morgan fingerprint density at radius 1 is 0.500 bits per heavy atom. The number of hydrogen-bond donors (Lipinski definition) is 0. The average Bonchev–Trinajstić information content (AvgIpc) is 3.65. The van der Waals surface area contributed by atoms with Gasteiger partial charge in [-0.1, -0.05) is 134 Å². The van der Waals surface area contributed by atoms with Crippen molar-refractivity contribution in [2.45, 2.75) is 117 Å². The number of nitrogens with zero attached hydrogens (tertiary/aromatic N) is 2. The third-order valence-electron chi connectivity index (χ3n) is 16.3. The lowest BCUT2D eigenvalue weighted by molar-refractivity contribution is 0.332. The van der Waals surface area contributed by atoms with Gasteiger partial charge in [-0.2, -0.15) is 0 Å². The number of anilines is 5. The highest BCUT2D eigenvalue weighted by Crippen LogP contribution is 2.55. The SMILES string of the molecule is Cc1cc2c3c(c1)N(c1cc4c(cc1C)C(C)(C)CCC4(C)C)c1c(oc4cc5c(cc14)C(C)(C)CCC5(C)C)B3N(c1ccc(-c3ccccc3)cc1)c1cc3ccccc3cc1-2. The summed E-state index contributed by atoms with van der Waals surface area (Å²) < 4.78 is 7.64. The lowest BCUT2D eigenvalue weighted by Gasteiger charge is -2.46. The smallest absolute Gasteiger partial charge is 0.375 e. The average molecular weight is 835 g/mol. The topological polar surface area (TPSA) is 19.6 Å². The van der Waals surface area contributed by atoms with Crippen LogP contribution in [0.2, 0.25) is 0 Å². The summed E-state index contributed by atoms with van der Waals surface area (Å²) in [7, 11) is 0. The van der Waals surface area contributed by atoms with Gasteiger partial charge in [0.2, 0.25) is 0 Å². The van der Waals surface area contributed by atoms with E-state index in [9.17, 15) is 0 Å². The number of furan rings is 1. The molecule has 0 saturated carbocycles. The van der Waals surface area contributed by atoms with Crippen LogP contribution in [-0.2, 0) is 21.7 Å². The molecule has 0 fully saturated rings. The molecule has 0 saturated heterocycles. The molecule has 8 aromatic rings. The van der Waals surface area contributed by atoms with Crippen LogP contribution in [0.4, 0.5) is 28.4 Å². The van der Waals surface area contributed by atoms with Crippen LogP contribution in [0, 0.1) is 13.8 Å². The Balaban J connectivity index is 1.21. The summed E-state index contributed by atoms with van der Waals surface area (Å²) in [5, 5.41) is 3.68. The highest BCUT2D eigenvalue weighted by Gasteiger charge is 2.50. The standard InChI is InChI=1S/C60H59BN2O/c1-36-28-44-43-31-40-18-14-15-19-41(40)32-51(43)63(42-22-20-39(21-23-42)38-16-12-11-13-17-38)61-54(44)52(29-36)62(50-34-48-46(30-37(50)2)57(3,4)24-26-59(48,7)8)55-45-33-47-49(35-53(45)64-56(55)61)60(9,10)27-25-58(47,5)6/h11-23,28-35H,24-27H2,1-10H3. The first-order valence-corrected chi connectivity index (χ1v) is 23.7. The largest absolute Gasteiger partial charge is 0.466 e. The highest BCUT2D eigenvalue weighted by molar-refractivity contribution is 6.93. The van der Waals surface area contributed by atoms with E-state index in [1.807, 2.05) is 0 Å². The molecule has 3 nitrogen and oxygen atoms in total. The van der Waals surface area contributed by atoms with E-state index in [1.54, 1.807) is 0 Å². The Labute approximate surface area is 380 Å². The van der Waals surface area contributed by atoms with Crippen molar-refractivity contribution < 1.29 is 4.42 Å². The molecule has 0 bridgehead atoms. The van der Waals surface area contributed by atoms with E-state index in [0.717, 1.165) is 36.2 Å². The normalized spacial score (nSPS) is 18.3. The van der Waals surface area contributed by atoms with E-state index < -0.39 is 0 Å². The molecule has 0 unspecified atom stereocenters. The molecule has 2 aliphatic carbocycles. The van der Waals surface area contributed by atoms with Gasteiger partial charge in [0.05, 0.1) is 5.69 Å². The monoisotopic (exact) mass is 834 g/mol. The zero-order valence-electron chi connectivity index (χ0n) is 39.3. The van der Waals surface area contributed by atoms with E-state index in [2.05, 4.69) is 206 Å². The van der Waals surface area contributed by atoms with Crippen molar-refractivity contribution in [1.29, 1.82) is 0 Å². The fraction of sp³-hybridized carbons (Fsp3) is 0.300. The quantitative estimate of drug-likeness (QED) is 0.165. The van der Waals surface area contributed by atoms with Crippen molar-refractivity contribution in [3.63, 3.8) is 0 Å². The van der Waals surface area contributed by atoms with E-state index in [1.165, 1.54) is 106 Å². The molecule has 4 heteroatoms. The van der Waals surface area contributed by atoms with Crippen molar-refractivity contribution in [2.24, 2.45) is 0 Å². The fourth-order valence-corrected chi connectivity index (χ4v) is 12.3. The molecule has 2 aliphatic heterocycles. The molecule has 4 aliphatic rings. The van der Waals surface area contributed by atoms with E-state index in [4.69, 9.17) is 4.42 Å². The summed E-state index contributed by atoms with van der Waals surface area (Å²) in [6.45, 7) is 24.0. The van der Waals surface area contributed by atoms with Crippen molar-refractivity contribution >= 4 is 68.1 Å². The molecule has 3 heterocycles. The molecule has 0 N–H and O–H groups in total. The van der Waals surface area contributed by atoms with Gasteiger partial charge in [-0.25, -0.2) is 0 Å². The van der Waals surface area contributed by atoms with Crippen molar-refractivity contribution in [3.05, 3.63) is 161 Å². The Bertz CT molecular complexity index is 3260. The summed E-state index contributed by atoms with van der Waals surface area (Å²) in [4.78, 5) is 5.25. The molecule has 318 valence electrons. The van der Waals surface area contributed by atoms with Crippen LogP contribution in [0.5, 0.6) is 0 Å². The summed E-state index contributed by atoms with van der Waals surface area (Å²) in [6.07, 6.45) is 4.66. The number of hydrogen-bond acceptors (Lipinski definition) is 3. The van der Waals surface area contributed by atoms with Crippen LogP contribution in [0.3, 0.4) is 0 Å². The predicted molar refractivity (Wildman–Crippen MR) is 273 cm³/mol. The molecule has 0 amide bonds. The first kappa shape index (κ1) is 39.6. The minimum Gasteiger partial charge on any atom is -0.466 e. The Morgan fingerprint density at radius 3 is 1.72 bits per heavy atom. The van der Waals surface area contributed by atoms with Gasteiger partial charge >= 0.3 is 6.85 Å². The maximum atomic E-state index is 7.64. The van der Waals surface area contributed by atoms with Gasteiger partial charge in [-0.3, -0.25) is 0 Å². The Morgan fingerprint density at radius 2 is 1.06 bits per heavy atom. The number of rotatable bonds is 3. The zero-order chi connectivity index (χ0) is 44.2. The molecule has 1 aromatic heterocycles. The van der Waals surface area contributed by atoms with Crippen molar-refractivity contribution in [3.8, 4) is 22.3 Å². The van der Waals surface area contributed by atoms with E-state index >= 15 is 0 Å². The summed E-state index contributed by atoms with van der Waals surface area (Å²) in [5.74, 6) is 0. The van der Waals surface area contributed by atoms with Crippen LogP contribution >= 0.6 is 0 Å². The maximum Gasteiger partial charge on any atom is 0.375 e. The second-order valence-corrected chi connectivity index (χ2v) is 22.4. The van der Waals surface area contributed by atoms with Crippen LogP contribution in [0.1, 0.15) is 114 Å². The maximum absolute atomic E-state index is 7.64. The molecule has 0 atom stereocenters. The second kappa shape index (κ2) is 13.3. The first-order valence-electron chi connectivity index (χ1n) is 23.7. The number of benzene rings is 7. The molecular formula is C60H59BN2O. The van der Waals surface area contributed by atoms with Crippen LogP contribution in [0.25, 0.3) is 44.0 Å². The lowest BCUT2D eigenvalue weighted by Crippen LogP contribution is -2.61. The molecule has 12 rings (SSSR count). The first-order chi connectivity index (χ1) is 30.5. The van der Waals surface area contributed by atoms with Gasteiger partial charge in [0.15, 0.2) is 0 Å². The van der Waals surface area contributed by atoms with Gasteiger partial charge < -0.3 is 14.1 Å². The van der Waals surface area contributed by atoms with Gasteiger partial charge in [-0.15, -0.1) is 0 Å². The fourth-order valence-electron chi connectivity index (χ4n) is 12.3. The highest BCUT2D eigenvalue weighted by atomic mass is 16.3. The molecular weight excluding hydrogens is 775 g/mol. The minimum atomic E-state index is -0.216. The minimum absolute atomic E-state index is 0.0407. The second-order valence-electron chi connectivity index (χ2n) is 22.4. The van der Waals surface area contributed by atoms with Gasteiger partial charge in [0.1, 0.15) is 11.2 Å². The summed E-state index contributed by atoms with van der Waals surface area (Å²) >= 11 is 0. The van der Waals surface area contributed by atoms with E-state index in [-0.39, 0.29) is 28.5 Å². The van der Waals surface area contributed by atoms with E-state index in [0.29, 0.717) is 0 Å². The van der Waals surface area contributed by atoms with Crippen LogP contribution in [-0.4, -0.2) is 6.85 Å². The third-order valence-corrected chi connectivity index (χ3v) is 16.3. The van der Waals surface area contributed by atoms with Crippen molar-refractivity contribution in [2.75, 3.05) is 9.71 Å². The number of fused-ring (bicyclic) bond motifs is 9. The predicted octanol–water partition coefficient (Wildman–Crippen LogP) is 15.3. The molecule has 7 aromatic carbocycles. The van der Waals surface area contributed by atoms with Gasteiger partial charge in [0, 0.05) is 33.7 Å². The van der Waals surface area contributed by atoms with Crippen LogP contribution in [0.15, 0.2) is 132 Å². The van der Waals surface area contributed by atoms with Gasteiger partial charge in [-0.05, 0) is 176 Å². The zero-order valence-corrected chi connectivity index (χ0v) is 39.3. The summed E-state index contributed by atoms with van der Waals surface area (Å²) in [6, 6.07) is 48.7. The van der Waals surface area contributed by atoms with Crippen molar-refractivity contribution in [1.82, 2.24) is 0 Å². The molecule has 0 radical (unpaired) electrons. The van der Waals surface area contributed by atoms with Gasteiger partial charge in [0.25, 0.3) is 0 Å². The Hall–Kier alpha value is -6.00. The number of aryl methyl sites for hydroxylation is 2. The Kier molecular flexibility index (Phi) is 8.22. The third kappa shape index (κ3) is 5.66.